The molecule has 0 heterocycles. The quantitative estimate of drug-likeness (QED) is 0.756. The van der Waals surface area contributed by atoms with Gasteiger partial charge < -0.3 is 4.90 Å². The molecule has 0 aromatic heterocycles. The van der Waals surface area contributed by atoms with E-state index in [1.807, 2.05) is 26.2 Å². The Bertz CT molecular complexity index is 440. The van der Waals surface area contributed by atoms with Gasteiger partial charge in [-0.05, 0) is 31.0 Å². The van der Waals surface area contributed by atoms with Crippen molar-refractivity contribution in [2.75, 3.05) is 19.0 Å². The van der Waals surface area contributed by atoms with E-state index in [2.05, 4.69) is 24.0 Å². The minimum Gasteiger partial charge on any atom is -0.378 e. The second kappa shape index (κ2) is 4.12. The molecule has 0 fully saturated rings. The zero-order chi connectivity index (χ0) is 11.7. The third kappa shape index (κ3) is 1.87. The molecule has 1 aromatic carbocycles. The molecule has 0 unspecified atom stereocenters. The number of Topliss-reactive ketones (excluding diaryl/α,β-unsaturated/α-hetero) is 1. The highest BCUT2D eigenvalue weighted by Gasteiger charge is 2.21. The number of hydrogen-bond donors (Lipinski definition) is 0. The number of anilines is 1. The Morgan fingerprint density at radius 1 is 1.06 bits per heavy atom. The van der Waals surface area contributed by atoms with E-state index in [4.69, 9.17) is 0 Å². The van der Waals surface area contributed by atoms with E-state index in [1.165, 1.54) is 5.57 Å². The first-order valence-corrected chi connectivity index (χ1v) is 5.60. The highest BCUT2D eigenvalue weighted by atomic mass is 16.1. The molecule has 0 radical (unpaired) electrons. The van der Waals surface area contributed by atoms with Gasteiger partial charge in [0, 0.05) is 31.8 Å². The first kappa shape index (κ1) is 10.9. The van der Waals surface area contributed by atoms with Gasteiger partial charge in [0.2, 0.25) is 0 Å². The normalized spacial score (nSPS) is 15.8. The van der Waals surface area contributed by atoms with Crippen molar-refractivity contribution in [1.29, 1.82) is 0 Å². The first-order chi connectivity index (χ1) is 7.59. The largest absolute Gasteiger partial charge is 0.378 e. The fourth-order valence-corrected chi connectivity index (χ4v) is 2.12. The van der Waals surface area contributed by atoms with Crippen molar-refractivity contribution in [3.63, 3.8) is 0 Å². The van der Waals surface area contributed by atoms with Crippen molar-refractivity contribution < 1.29 is 4.79 Å². The summed E-state index contributed by atoms with van der Waals surface area (Å²) in [6.07, 6.45) is 1.60. The summed E-state index contributed by atoms with van der Waals surface area (Å²) in [5.74, 6) is 0.287. The maximum atomic E-state index is 11.7. The molecule has 2 nitrogen and oxygen atoms in total. The summed E-state index contributed by atoms with van der Waals surface area (Å²) in [7, 11) is 4.03. The van der Waals surface area contributed by atoms with Crippen molar-refractivity contribution in [2.45, 2.75) is 19.8 Å². The maximum absolute atomic E-state index is 11.7. The molecule has 2 heteroatoms. The number of allylic oxidation sites excluding steroid dienone is 2. The molecule has 0 amide bonds. The summed E-state index contributed by atoms with van der Waals surface area (Å²) in [6.45, 7) is 2.06. The van der Waals surface area contributed by atoms with Gasteiger partial charge in [0.1, 0.15) is 0 Å². The summed E-state index contributed by atoms with van der Waals surface area (Å²) < 4.78 is 0. The number of hydrogen-bond acceptors (Lipinski definition) is 2. The van der Waals surface area contributed by atoms with Gasteiger partial charge in [0.15, 0.2) is 5.78 Å². The van der Waals surface area contributed by atoms with Crippen molar-refractivity contribution >= 4 is 17.0 Å². The molecule has 0 atom stereocenters. The number of carbonyl (C=O) groups is 1. The van der Waals surface area contributed by atoms with Gasteiger partial charge in [-0.15, -0.1) is 0 Å². The Morgan fingerprint density at radius 2 is 1.69 bits per heavy atom. The first-order valence-electron chi connectivity index (χ1n) is 5.60. The Morgan fingerprint density at radius 3 is 2.12 bits per heavy atom. The summed E-state index contributed by atoms with van der Waals surface area (Å²) in [5.41, 5.74) is 4.38. The van der Waals surface area contributed by atoms with Crippen LogP contribution >= 0.6 is 0 Å². The molecule has 0 saturated heterocycles. The molecule has 1 aliphatic carbocycles. The van der Waals surface area contributed by atoms with E-state index < -0.39 is 0 Å². The summed E-state index contributed by atoms with van der Waals surface area (Å²) >= 11 is 0. The Hall–Kier alpha value is -1.57. The third-order valence-electron chi connectivity index (χ3n) is 3.11. The zero-order valence-electron chi connectivity index (χ0n) is 10.1. The van der Waals surface area contributed by atoms with E-state index in [1.54, 1.807) is 0 Å². The number of ketones is 1. The van der Waals surface area contributed by atoms with Crippen molar-refractivity contribution in [3.8, 4) is 0 Å². The van der Waals surface area contributed by atoms with Crippen LogP contribution in [0.2, 0.25) is 0 Å². The molecule has 2 rings (SSSR count). The van der Waals surface area contributed by atoms with Crippen LogP contribution in [0.5, 0.6) is 0 Å². The predicted molar refractivity (Wildman–Crippen MR) is 67.6 cm³/mol. The lowest BCUT2D eigenvalue weighted by molar-refractivity contribution is -0.113. The number of carbonyl (C=O) groups excluding carboxylic acids is 1. The van der Waals surface area contributed by atoms with Crippen molar-refractivity contribution in [1.82, 2.24) is 0 Å². The van der Waals surface area contributed by atoms with Crippen LogP contribution < -0.4 is 4.90 Å². The lowest BCUT2D eigenvalue weighted by Gasteiger charge is -2.13. The molecule has 1 aromatic rings. The molecule has 1 aliphatic rings. The molecule has 0 saturated carbocycles. The van der Waals surface area contributed by atoms with E-state index in [-0.39, 0.29) is 5.78 Å². The van der Waals surface area contributed by atoms with Crippen LogP contribution in [0.3, 0.4) is 0 Å². The van der Waals surface area contributed by atoms with E-state index in [9.17, 15) is 4.79 Å². The fraction of sp³-hybridized carbons (Fsp3) is 0.357. The number of nitrogens with zero attached hydrogens (tertiary/aromatic N) is 1. The van der Waals surface area contributed by atoms with Gasteiger partial charge in [-0.1, -0.05) is 17.7 Å². The minimum atomic E-state index is 0.287. The van der Waals surface area contributed by atoms with Crippen LogP contribution in [0.4, 0.5) is 5.69 Å². The van der Waals surface area contributed by atoms with Crippen LogP contribution in [0.25, 0.3) is 5.57 Å². The van der Waals surface area contributed by atoms with Gasteiger partial charge in [0.25, 0.3) is 0 Å². The minimum absolute atomic E-state index is 0.287. The zero-order valence-corrected chi connectivity index (χ0v) is 10.1. The molecule has 0 aliphatic heterocycles. The second-order valence-electron chi connectivity index (χ2n) is 4.52. The highest BCUT2D eigenvalue weighted by Crippen LogP contribution is 2.31. The van der Waals surface area contributed by atoms with Crippen molar-refractivity contribution in [3.05, 3.63) is 35.4 Å². The molecular weight excluding hydrogens is 198 g/mol. The van der Waals surface area contributed by atoms with Gasteiger partial charge in [-0.2, -0.15) is 0 Å². The van der Waals surface area contributed by atoms with Crippen LogP contribution in [-0.2, 0) is 4.79 Å². The van der Waals surface area contributed by atoms with Crippen LogP contribution in [0, 0.1) is 0 Å². The SMILES string of the molecule is CC1=C(c2ccc(N(C)C)cc2)C(=O)CC1. The molecule has 0 N–H and O–H groups in total. The third-order valence-corrected chi connectivity index (χ3v) is 3.11. The maximum Gasteiger partial charge on any atom is 0.163 e. The lowest BCUT2D eigenvalue weighted by atomic mass is 10.0. The smallest absolute Gasteiger partial charge is 0.163 e. The number of benzene rings is 1. The summed E-state index contributed by atoms with van der Waals surface area (Å²) in [4.78, 5) is 13.8. The standard InChI is InChI=1S/C14H17NO/c1-10-4-9-13(16)14(10)11-5-7-12(8-6-11)15(2)3/h5-8H,4,9H2,1-3H3. The summed E-state index contributed by atoms with van der Waals surface area (Å²) in [5, 5.41) is 0. The van der Waals surface area contributed by atoms with Gasteiger partial charge >= 0.3 is 0 Å². The van der Waals surface area contributed by atoms with E-state index in [0.29, 0.717) is 6.42 Å². The molecule has 16 heavy (non-hydrogen) atoms. The van der Waals surface area contributed by atoms with Crippen molar-refractivity contribution in [2.24, 2.45) is 0 Å². The Labute approximate surface area is 96.6 Å². The summed E-state index contributed by atoms with van der Waals surface area (Å²) in [6, 6.07) is 8.19. The second-order valence-corrected chi connectivity index (χ2v) is 4.52. The van der Waals surface area contributed by atoms with Crippen LogP contribution in [0.15, 0.2) is 29.8 Å². The molecule has 0 bridgehead atoms. The average Bonchev–Trinajstić information content (AvgIpc) is 2.59. The highest BCUT2D eigenvalue weighted by molar-refractivity contribution is 6.23. The lowest BCUT2D eigenvalue weighted by Crippen LogP contribution is -2.08. The van der Waals surface area contributed by atoms with Gasteiger partial charge in [-0.3, -0.25) is 4.79 Å². The monoisotopic (exact) mass is 215 g/mol. The Kier molecular flexibility index (Phi) is 2.82. The topological polar surface area (TPSA) is 20.3 Å². The van der Waals surface area contributed by atoms with Crippen LogP contribution in [-0.4, -0.2) is 19.9 Å². The fourth-order valence-electron chi connectivity index (χ4n) is 2.12. The molecule has 0 spiro atoms. The van der Waals surface area contributed by atoms with Gasteiger partial charge in [-0.25, -0.2) is 0 Å². The van der Waals surface area contributed by atoms with Gasteiger partial charge in [0.05, 0.1) is 0 Å². The van der Waals surface area contributed by atoms with Crippen LogP contribution in [0.1, 0.15) is 25.3 Å². The molecular formula is C14H17NO. The van der Waals surface area contributed by atoms with E-state index in [0.717, 1.165) is 23.2 Å². The van der Waals surface area contributed by atoms with E-state index >= 15 is 0 Å². The predicted octanol–water partition coefficient (Wildman–Crippen LogP) is 2.89. The Balaban J connectivity index is 2.35. The average molecular weight is 215 g/mol. The number of rotatable bonds is 2. The molecule has 84 valence electrons.